The van der Waals surface area contributed by atoms with Gasteiger partial charge in [-0.2, -0.15) is 5.26 Å². The number of hydrogen-bond acceptors (Lipinski definition) is 3. The third kappa shape index (κ3) is 2.09. The molecule has 0 saturated carbocycles. The van der Waals surface area contributed by atoms with E-state index in [-0.39, 0.29) is 11.3 Å². The second-order valence-corrected chi connectivity index (χ2v) is 5.54. The zero-order valence-corrected chi connectivity index (χ0v) is 11.8. The second kappa shape index (κ2) is 5.01. The van der Waals surface area contributed by atoms with Gasteiger partial charge in [-0.15, -0.1) is 11.6 Å². The van der Waals surface area contributed by atoms with E-state index in [9.17, 15) is 5.11 Å². The zero-order valence-electron chi connectivity index (χ0n) is 9.43. The molecule has 1 heterocycles. The molecule has 18 heavy (non-hydrogen) atoms. The molecule has 2 rings (SSSR count). The lowest BCUT2D eigenvalue weighted by molar-refractivity contribution is 0.415. The quantitative estimate of drug-likeness (QED) is 0.523. The summed E-state index contributed by atoms with van der Waals surface area (Å²) >= 11 is 8.74. The average molecular weight is 327 g/mol. The average Bonchev–Trinajstić information content (AvgIpc) is 2.68. The number of aliphatic hydroxyl groups excluding tert-OH is 1. The van der Waals surface area contributed by atoms with Gasteiger partial charge in [0.25, 0.3) is 0 Å². The summed E-state index contributed by atoms with van der Waals surface area (Å²) in [7, 11) is 1.78. The van der Waals surface area contributed by atoms with Gasteiger partial charge in [-0.05, 0) is 12.1 Å². The first-order valence-corrected chi connectivity index (χ1v) is 6.44. The van der Waals surface area contributed by atoms with Crippen LogP contribution in [0.3, 0.4) is 0 Å². The van der Waals surface area contributed by atoms with E-state index in [2.05, 4.69) is 20.9 Å². The number of nitriles is 1. The van der Waals surface area contributed by atoms with Gasteiger partial charge in [-0.25, -0.2) is 4.98 Å². The highest BCUT2D eigenvalue weighted by Crippen LogP contribution is 2.26. The minimum Gasteiger partial charge on any atom is -0.508 e. The number of hydrogen-bond donors (Lipinski definition) is 1. The van der Waals surface area contributed by atoms with E-state index in [4.69, 9.17) is 16.9 Å². The van der Waals surface area contributed by atoms with Crippen molar-refractivity contribution >= 4 is 44.1 Å². The highest BCUT2D eigenvalue weighted by atomic mass is 79.9. The van der Waals surface area contributed by atoms with Crippen LogP contribution in [-0.4, -0.2) is 18.9 Å². The van der Waals surface area contributed by atoms with E-state index in [0.29, 0.717) is 5.82 Å². The van der Waals surface area contributed by atoms with Crippen LogP contribution >= 0.6 is 27.5 Å². The van der Waals surface area contributed by atoms with Crippen molar-refractivity contribution in [1.82, 2.24) is 9.55 Å². The Kier molecular flexibility index (Phi) is 3.60. The van der Waals surface area contributed by atoms with E-state index < -0.39 is 4.29 Å². The third-order valence-corrected chi connectivity index (χ3v) is 3.23. The highest BCUT2D eigenvalue weighted by molar-refractivity contribution is 9.10. The summed E-state index contributed by atoms with van der Waals surface area (Å²) in [5.41, 5.74) is 1.70. The molecule has 0 radical (unpaired) electrons. The van der Waals surface area contributed by atoms with Gasteiger partial charge < -0.3 is 9.67 Å². The lowest BCUT2D eigenvalue weighted by atomic mass is 10.2. The summed E-state index contributed by atoms with van der Waals surface area (Å²) in [6.07, 6.45) is 0. The summed E-state index contributed by atoms with van der Waals surface area (Å²) in [6.45, 7) is 0. The largest absolute Gasteiger partial charge is 0.508 e. The Morgan fingerprint density at radius 2 is 2.22 bits per heavy atom. The number of aliphatic hydroxyl groups is 1. The van der Waals surface area contributed by atoms with Crippen LogP contribution in [0.1, 0.15) is 5.82 Å². The van der Waals surface area contributed by atoms with Gasteiger partial charge in [-0.1, -0.05) is 28.1 Å². The molecule has 1 aromatic heterocycles. The third-order valence-electron chi connectivity index (χ3n) is 2.59. The van der Waals surface area contributed by atoms with Gasteiger partial charge in [-0.3, -0.25) is 0 Å². The Balaban J connectivity index is 2.72. The monoisotopic (exact) mass is 325 g/mol. The SMILES string of the molecule is Cn1c(/C(C#N)=C(\O)C(Cl)Br)nc2ccccc21. The summed E-state index contributed by atoms with van der Waals surface area (Å²) in [4.78, 5) is 4.33. The maximum absolute atomic E-state index is 9.81. The molecule has 6 heteroatoms. The summed E-state index contributed by atoms with van der Waals surface area (Å²) in [6, 6.07) is 9.42. The van der Waals surface area contributed by atoms with Gasteiger partial charge in [0.2, 0.25) is 0 Å². The molecule has 0 amide bonds. The van der Waals surface area contributed by atoms with E-state index in [0.717, 1.165) is 11.0 Å². The number of para-hydroxylation sites is 2. The van der Waals surface area contributed by atoms with Gasteiger partial charge in [0.05, 0.1) is 11.0 Å². The first-order valence-electron chi connectivity index (χ1n) is 5.09. The molecule has 0 bridgehead atoms. The van der Waals surface area contributed by atoms with Crippen LogP contribution in [0.15, 0.2) is 30.0 Å². The predicted molar refractivity (Wildman–Crippen MR) is 74.4 cm³/mol. The Morgan fingerprint density at radius 1 is 1.56 bits per heavy atom. The minimum absolute atomic E-state index is 0.0607. The molecule has 4 nitrogen and oxygen atoms in total. The number of alkyl halides is 2. The Bertz CT molecular complexity index is 670. The van der Waals surface area contributed by atoms with Crippen LogP contribution in [0.5, 0.6) is 0 Å². The van der Waals surface area contributed by atoms with Gasteiger partial charge >= 0.3 is 0 Å². The van der Waals surface area contributed by atoms with Gasteiger partial charge in [0, 0.05) is 7.05 Å². The molecule has 0 spiro atoms. The van der Waals surface area contributed by atoms with Crippen molar-refractivity contribution in [1.29, 1.82) is 5.26 Å². The first-order chi connectivity index (χ1) is 8.56. The molecule has 1 atom stereocenters. The predicted octanol–water partition coefficient (Wildman–Crippen LogP) is 3.33. The number of benzene rings is 1. The molecular weight excluding hydrogens is 318 g/mol. The van der Waals surface area contributed by atoms with E-state index in [1.165, 1.54) is 0 Å². The molecule has 0 fully saturated rings. The van der Waals surface area contributed by atoms with Crippen molar-refractivity contribution in [2.75, 3.05) is 0 Å². The fourth-order valence-corrected chi connectivity index (χ4v) is 2.04. The standard InChI is InChI=1S/C12H9BrClN3O/c1-17-9-5-3-2-4-8(9)16-12(17)7(6-15)10(18)11(13)14/h2-5,11,18H,1H3/b10-7-. The van der Waals surface area contributed by atoms with E-state index in [1.807, 2.05) is 30.3 Å². The lowest BCUT2D eigenvalue weighted by Gasteiger charge is -2.05. The molecule has 92 valence electrons. The van der Waals surface area contributed by atoms with E-state index in [1.54, 1.807) is 11.6 Å². The maximum Gasteiger partial charge on any atom is 0.155 e. The second-order valence-electron chi connectivity index (χ2n) is 3.66. The molecular formula is C12H9BrClN3O. The highest BCUT2D eigenvalue weighted by Gasteiger charge is 2.19. The molecule has 1 N–H and O–H groups in total. The molecule has 0 saturated heterocycles. The summed E-state index contributed by atoms with van der Waals surface area (Å²) in [5.74, 6) is 0.152. The fourth-order valence-electron chi connectivity index (χ4n) is 1.70. The van der Waals surface area contributed by atoms with Crippen LogP contribution in [0.25, 0.3) is 16.6 Å². The molecule has 1 aromatic carbocycles. The van der Waals surface area contributed by atoms with E-state index >= 15 is 0 Å². The molecule has 0 aliphatic heterocycles. The van der Waals surface area contributed by atoms with Crippen LogP contribution in [0.2, 0.25) is 0 Å². The number of imidazole rings is 1. The number of allylic oxidation sites excluding steroid dienone is 2. The van der Waals surface area contributed by atoms with Crippen molar-refractivity contribution in [3.8, 4) is 6.07 Å². The number of halogens is 2. The zero-order chi connectivity index (χ0) is 13.3. The van der Waals surface area contributed by atoms with Gasteiger partial charge in [0.1, 0.15) is 21.7 Å². The van der Waals surface area contributed by atoms with Gasteiger partial charge in [0.15, 0.2) is 5.82 Å². The fraction of sp³-hybridized carbons (Fsp3) is 0.167. The smallest absolute Gasteiger partial charge is 0.155 e. The number of nitrogens with zero attached hydrogens (tertiary/aromatic N) is 3. The topological polar surface area (TPSA) is 61.8 Å². The maximum atomic E-state index is 9.81. The van der Waals surface area contributed by atoms with Crippen LogP contribution in [-0.2, 0) is 7.05 Å². The van der Waals surface area contributed by atoms with Crippen molar-refractivity contribution in [2.45, 2.75) is 4.29 Å². The number of fused-ring (bicyclic) bond motifs is 1. The van der Waals surface area contributed by atoms with Crippen LogP contribution < -0.4 is 0 Å². The number of rotatable bonds is 2. The van der Waals surface area contributed by atoms with Crippen molar-refractivity contribution in [2.24, 2.45) is 7.05 Å². The lowest BCUT2D eigenvalue weighted by Crippen LogP contribution is -2.02. The minimum atomic E-state index is -0.813. The van der Waals surface area contributed by atoms with Crippen molar-refractivity contribution in [3.05, 3.63) is 35.8 Å². The number of aryl methyl sites for hydroxylation is 1. The Hall–Kier alpha value is -1.51. The van der Waals surface area contributed by atoms with Crippen LogP contribution in [0.4, 0.5) is 0 Å². The Morgan fingerprint density at radius 3 is 2.78 bits per heavy atom. The van der Waals surface area contributed by atoms with Crippen molar-refractivity contribution in [3.63, 3.8) is 0 Å². The molecule has 1 unspecified atom stereocenters. The normalized spacial score (nSPS) is 14.1. The molecule has 0 aliphatic carbocycles. The number of aromatic nitrogens is 2. The van der Waals surface area contributed by atoms with Crippen molar-refractivity contribution < 1.29 is 5.11 Å². The molecule has 0 aliphatic rings. The summed E-state index contributed by atoms with van der Waals surface area (Å²) in [5, 5.41) is 19.0. The first kappa shape index (κ1) is 12.9. The summed E-state index contributed by atoms with van der Waals surface area (Å²) < 4.78 is 0.933. The molecule has 2 aromatic rings. The Labute approximate surface area is 117 Å². The van der Waals surface area contributed by atoms with Crippen LogP contribution in [0, 0.1) is 11.3 Å².